The van der Waals surface area contributed by atoms with E-state index in [1.54, 1.807) is 7.11 Å². The molecule has 1 unspecified atom stereocenters. The van der Waals surface area contributed by atoms with Crippen LogP contribution in [0.2, 0.25) is 0 Å². The van der Waals surface area contributed by atoms with Crippen molar-refractivity contribution in [3.8, 4) is 5.75 Å². The number of ether oxygens (including phenoxy) is 1. The molecule has 1 aliphatic heterocycles. The minimum absolute atomic E-state index is 0.0374. The Morgan fingerprint density at radius 2 is 2.26 bits per heavy atom. The van der Waals surface area contributed by atoms with Gasteiger partial charge in [0.05, 0.1) is 13.2 Å². The number of amides is 1. The smallest absolute Gasteiger partial charge is 0.240 e. The van der Waals surface area contributed by atoms with Gasteiger partial charge in [0, 0.05) is 25.2 Å². The number of piperazine rings is 1. The van der Waals surface area contributed by atoms with E-state index >= 15 is 0 Å². The van der Waals surface area contributed by atoms with Gasteiger partial charge in [0.1, 0.15) is 5.75 Å². The molecule has 2 rings (SSSR count). The lowest BCUT2D eigenvalue weighted by Gasteiger charge is -2.33. The summed E-state index contributed by atoms with van der Waals surface area (Å²) in [4.78, 5) is 14.2. The van der Waals surface area contributed by atoms with Crippen molar-refractivity contribution in [3.63, 3.8) is 0 Å². The zero-order valence-electron chi connectivity index (χ0n) is 11.9. The van der Waals surface area contributed by atoms with Gasteiger partial charge in [-0.1, -0.05) is 24.6 Å². The van der Waals surface area contributed by atoms with Crippen LogP contribution >= 0.6 is 0 Å². The van der Waals surface area contributed by atoms with Crippen molar-refractivity contribution in [2.75, 3.05) is 20.2 Å². The fraction of sp³-hybridized carbons (Fsp3) is 0.533. The first-order valence-electron chi connectivity index (χ1n) is 6.81. The Balaban J connectivity index is 2.16. The zero-order chi connectivity index (χ0) is 13.8. The van der Waals surface area contributed by atoms with Crippen LogP contribution in [0, 0.1) is 6.92 Å². The van der Waals surface area contributed by atoms with Crippen molar-refractivity contribution in [3.05, 3.63) is 29.3 Å². The molecule has 0 bridgehead atoms. The molecule has 1 atom stereocenters. The maximum Gasteiger partial charge on any atom is 0.240 e. The molecular formula is C15H22N2O2. The van der Waals surface area contributed by atoms with Crippen LogP contribution in [0.25, 0.3) is 0 Å². The Morgan fingerprint density at radius 3 is 2.95 bits per heavy atom. The summed E-state index contributed by atoms with van der Waals surface area (Å²) < 4.78 is 5.38. The fourth-order valence-corrected chi connectivity index (χ4v) is 2.50. The molecule has 0 spiro atoms. The SMILES string of the molecule is CCC1NCCN(Cc2cc(C)ccc2OC)C1=O. The molecule has 0 aliphatic carbocycles. The molecule has 104 valence electrons. The number of carbonyl (C=O) groups excluding carboxylic acids is 1. The van der Waals surface area contributed by atoms with Crippen molar-refractivity contribution < 1.29 is 9.53 Å². The first kappa shape index (κ1) is 13.9. The second-order valence-corrected chi connectivity index (χ2v) is 4.99. The minimum atomic E-state index is -0.0374. The molecule has 1 amide bonds. The molecule has 4 nitrogen and oxygen atoms in total. The molecule has 1 aromatic rings. The van der Waals surface area contributed by atoms with Gasteiger partial charge in [-0.25, -0.2) is 0 Å². The van der Waals surface area contributed by atoms with Crippen molar-refractivity contribution in [1.82, 2.24) is 10.2 Å². The van der Waals surface area contributed by atoms with Crippen LogP contribution in [0.5, 0.6) is 5.75 Å². The predicted octanol–water partition coefficient (Wildman–Crippen LogP) is 1.71. The molecule has 19 heavy (non-hydrogen) atoms. The number of benzene rings is 1. The van der Waals surface area contributed by atoms with Crippen LogP contribution in [0.3, 0.4) is 0 Å². The summed E-state index contributed by atoms with van der Waals surface area (Å²) in [6.07, 6.45) is 0.834. The van der Waals surface area contributed by atoms with Crippen LogP contribution in [-0.4, -0.2) is 37.0 Å². The van der Waals surface area contributed by atoms with Crippen molar-refractivity contribution >= 4 is 5.91 Å². The average Bonchev–Trinajstić information content (AvgIpc) is 2.41. The summed E-state index contributed by atoms with van der Waals surface area (Å²) in [5.41, 5.74) is 2.26. The normalized spacial score (nSPS) is 19.6. The van der Waals surface area contributed by atoms with E-state index in [1.807, 2.05) is 24.0 Å². The maximum absolute atomic E-state index is 12.3. The summed E-state index contributed by atoms with van der Waals surface area (Å²) in [5.74, 6) is 1.04. The van der Waals surface area contributed by atoms with E-state index in [2.05, 4.69) is 18.3 Å². The molecule has 0 radical (unpaired) electrons. The molecule has 1 fully saturated rings. The van der Waals surface area contributed by atoms with Gasteiger partial charge < -0.3 is 15.0 Å². The number of nitrogens with one attached hydrogen (secondary N) is 1. The number of aryl methyl sites for hydroxylation is 1. The molecule has 1 N–H and O–H groups in total. The second-order valence-electron chi connectivity index (χ2n) is 4.99. The summed E-state index contributed by atoms with van der Waals surface area (Å²) in [6.45, 7) is 6.33. The van der Waals surface area contributed by atoms with Gasteiger partial charge in [-0.15, -0.1) is 0 Å². The van der Waals surface area contributed by atoms with Gasteiger partial charge in [0.15, 0.2) is 0 Å². The molecule has 0 saturated carbocycles. The van der Waals surface area contributed by atoms with Crippen molar-refractivity contribution in [2.45, 2.75) is 32.9 Å². The van der Waals surface area contributed by atoms with Crippen LogP contribution in [-0.2, 0) is 11.3 Å². The molecule has 1 aromatic carbocycles. The van der Waals surface area contributed by atoms with Gasteiger partial charge in [0.25, 0.3) is 0 Å². The van der Waals surface area contributed by atoms with Crippen molar-refractivity contribution in [2.24, 2.45) is 0 Å². The topological polar surface area (TPSA) is 41.6 Å². The number of rotatable bonds is 4. The minimum Gasteiger partial charge on any atom is -0.496 e. The van der Waals surface area contributed by atoms with E-state index in [0.29, 0.717) is 6.54 Å². The highest BCUT2D eigenvalue weighted by Crippen LogP contribution is 2.22. The second kappa shape index (κ2) is 6.06. The van der Waals surface area contributed by atoms with Gasteiger partial charge in [-0.3, -0.25) is 4.79 Å². The highest BCUT2D eigenvalue weighted by atomic mass is 16.5. The number of hydrogen-bond donors (Lipinski definition) is 1. The Labute approximate surface area is 114 Å². The van der Waals surface area contributed by atoms with Crippen LogP contribution in [0.1, 0.15) is 24.5 Å². The Hall–Kier alpha value is -1.55. The molecular weight excluding hydrogens is 240 g/mol. The third-order valence-corrected chi connectivity index (χ3v) is 3.59. The van der Waals surface area contributed by atoms with E-state index < -0.39 is 0 Å². The highest BCUT2D eigenvalue weighted by molar-refractivity contribution is 5.82. The Kier molecular flexibility index (Phi) is 4.43. The van der Waals surface area contributed by atoms with Crippen LogP contribution in [0.15, 0.2) is 18.2 Å². The number of hydrogen-bond acceptors (Lipinski definition) is 3. The van der Waals surface area contributed by atoms with E-state index in [0.717, 1.165) is 30.8 Å². The van der Waals surface area contributed by atoms with Gasteiger partial charge in [-0.2, -0.15) is 0 Å². The van der Waals surface area contributed by atoms with Crippen molar-refractivity contribution in [1.29, 1.82) is 0 Å². The predicted molar refractivity (Wildman–Crippen MR) is 75.2 cm³/mol. The maximum atomic E-state index is 12.3. The summed E-state index contributed by atoms with van der Waals surface area (Å²) >= 11 is 0. The standard InChI is InChI=1S/C15H22N2O2/c1-4-13-15(18)17(8-7-16-13)10-12-9-11(2)5-6-14(12)19-3/h5-6,9,13,16H,4,7-8,10H2,1-3H3. The van der Waals surface area contributed by atoms with Gasteiger partial charge >= 0.3 is 0 Å². The van der Waals surface area contributed by atoms with E-state index in [-0.39, 0.29) is 11.9 Å². The third-order valence-electron chi connectivity index (χ3n) is 3.59. The summed E-state index contributed by atoms with van der Waals surface area (Å²) in [6, 6.07) is 6.05. The lowest BCUT2D eigenvalue weighted by molar-refractivity contribution is -0.136. The number of carbonyl (C=O) groups is 1. The summed E-state index contributed by atoms with van der Waals surface area (Å²) in [7, 11) is 1.67. The van der Waals surface area contributed by atoms with Crippen LogP contribution < -0.4 is 10.1 Å². The van der Waals surface area contributed by atoms with E-state index in [9.17, 15) is 4.79 Å². The third kappa shape index (κ3) is 3.07. The number of nitrogens with zero attached hydrogens (tertiary/aromatic N) is 1. The first-order valence-corrected chi connectivity index (χ1v) is 6.81. The molecule has 1 aliphatic rings. The average molecular weight is 262 g/mol. The fourth-order valence-electron chi connectivity index (χ4n) is 2.50. The molecule has 0 aromatic heterocycles. The number of methoxy groups -OCH3 is 1. The molecule has 1 heterocycles. The van der Waals surface area contributed by atoms with E-state index in [1.165, 1.54) is 5.56 Å². The highest BCUT2D eigenvalue weighted by Gasteiger charge is 2.27. The zero-order valence-corrected chi connectivity index (χ0v) is 11.9. The lowest BCUT2D eigenvalue weighted by Crippen LogP contribution is -2.54. The largest absolute Gasteiger partial charge is 0.496 e. The molecule has 1 saturated heterocycles. The first-order chi connectivity index (χ1) is 9.15. The van der Waals surface area contributed by atoms with Gasteiger partial charge in [-0.05, 0) is 19.4 Å². The van der Waals surface area contributed by atoms with Crippen LogP contribution in [0.4, 0.5) is 0 Å². The quantitative estimate of drug-likeness (QED) is 0.898. The Bertz CT molecular complexity index is 459. The Morgan fingerprint density at radius 1 is 1.47 bits per heavy atom. The molecule has 4 heteroatoms. The lowest BCUT2D eigenvalue weighted by atomic mass is 10.1. The van der Waals surface area contributed by atoms with E-state index in [4.69, 9.17) is 4.74 Å². The monoisotopic (exact) mass is 262 g/mol. The van der Waals surface area contributed by atoms with Gasteiger partial charge in [0.2, 0.25) is 5.91 Å². The summed E-state index contributed by atoms with van der Waals surface area (Å²) in [5, 5.41) is 3.25.